The van der Waals surface area contributed by atoms with E-state index in [-0.39, 0.29) is 11.6 Å². The van der Waals surface area contributed by atoms with Crippen LogP contribution in [0, 0.1) is 0 Å². The number of aliphatic hydroxyl groups is 1. The van der Waals surface area contributed by atoms with Crippen molar-refractivity contribution in [2.75, 3.05) is 6.29 Å². The zero-order valence-electron chi connectivity index (χ0n) is 10.2. The first-order chi connectivity index (χ1) is 8.65. The van der Waals surface area contributed by atoms with Crippen LogP contribution in [0.15, 0.2) is 22.9 Å². The van der Waals surface area contributed by atoms with Crippen LogP contribution in [0.1, 0.15) is 31.2 Å². The molecule has 0 radical (unpaired) electrons. The van der Waals surface area contributed by atoms with Gasteiger partial charge in [-0.2, -0.15) is 0 Å². The van der Waals surface area contributed by atoms with Gasteiger partial charge in [-0.15, -0.1) is 9.24 Å². The minimum absolute atomic E-state index is 0.00220. The standard InChI is InChI=1S/C13H18BrN2OP/c14-12-2-1-9(7-15-12)13-4-3-10(16(13)8-18)5-11(17)6-13/h1-2,7,10-11,17H,3-6,8,18H2. The lowest BCUT2D eigenvalue weighted by atomic mass is 9.81. The van der Waals surface area contributed by atoms with E-state index in [1.165, 1.54) is 12.0 Å². The molecule has 0 spiro atoms. The maximum absolute atomic E-state index is 10.1. The Labute approximate surface area is 118 Å². The molecule has 0 amide bonds. The molecule has 4 atom stereocenters. The van der Waals surface area contributed by atoms with Crippen LogP contribution in [0.3, 0.4) is 0 Å². The Kier molecular flexibility index (Phi) is 3.48. The van der Waals surface area contributed by atoms with Crippen molar-refractivity contribution in [1.82, 2.24) is 9.88 Å². The second-order valence-electron chi connectivity index (χ2n) is 5.34. The number of hydrogen-bond acceptors (Lipinski definition) is 3. The lowest BCUT2D eigenvalue weighted by molar-refractivity contribution is -0.0106. The van der Waals surface area contributed by atoms with Crippen molar-refractivity contribution in [3.63, 3.8) is 0 Å². The largest absolute Gasteiger partial charge is 0.393 e. The molecule has 1 aromatic rings. The number of hydrogen-bond donors (Lipinski definition) is 1. The fourth-order valence-corrected chi connectivity index (χ4v) is 4.59. The third kappa shape index (κ3) is 1.94. The van der Waals surface area contributed by atoms with Crippen LogP contribution in [0.25, 0.3) is 0 Å². The second kappa shape index (κ2) is 4.82. The first-order valence-electron chi connectivity index (χ1n) is 6.42. The third-order valence-corrected chi connectivity index (χ3v) is 5.32. The van der Waals surface area contributed by atoms with Crippen molar-refractivity contribution in [2.24, 2.45) is 0 Å². The first-order valence-corrected chi connectivity index (χ1v) is 8.03. The fourth-order valence-electron chi connectivity index (χ4n) is 3.71. The molecule has 18 heavy (non-hydrogen) atoms. The van der Waals surface area contributed by atoms with Gasteiger partial charge in [0.25, 0.3) is 0 Å². The quantitative estimate of drug-likeness (QED) is 0.669. The van der Waals surface area contributed by atoms with Crippen molar-refractivity contribution in [3.05, 3.63) is 28.5 Å². The lowest BCUT2D eigenvalue weighted by Crippen LogP contribution is -2.51. The van der Waals surface area contributed by atoms with E-state index in [0.29, 0.717) is 6.04 Å². The molecule has 98 valence electrons. The third-order valence-electron chi connectivity index (χ3n) is 4.46. The summed E-state index contributed by atoms with van der Waals surface area (Å²) in [6.45, 7) is 0. The number of nitrogens with zero attached hydrogens (tertiary/aromatic N) is 2. The van der Waals surface area contributed by atoms with Crippen LogP contribution >= 0.6 is 25.2 Å². The van der Waals surface area contributed by atoms with Crippen molar-refractivity contribution in [3.8, 4) is 0 Å². The molecule has 1 N–H and O–H groups in total. The first kappa shape index (κ1) is 13.0. The van der Waals surface area contributed by atoms with E-state index in [2.05, 4.69) is 41.1 Å². The van der Waals surface area contributed by atoms with Crippen LogP contribution in [0.5, 0.6) is 0 Å². The van der Waals surface area contributed by atoms with Crippen LogP contribution < -0.4 is 0 Å². The summed E-state index contributed by atoms with van der Waals surface area (Å²) >= 11 is 3.39. The summed E-state index contributed by atoms with van der Waals surface area (Å²) in [5, 5.41) is 10.1. The molecule has 0 saturated carbocycles. The molecule has 3 heterocycles. The molecule has 2 bridgehead atoms. The molecule has 0 aromatic carbocycles. The number of rotatable bonds is 2. The zero-order chi connectivity index (χ0) is 12.8. The summed E-state index contributed by atoms with van der Waals surface area (Å²) in [5.74, 6) is 0. The van der Waals surface area contributed by atoms with Crippen LogP contribution in [0.4, 0.5) is 0 Å². The summed E-state index contributed by atoms with van der Waals surface area (Å²) in [7, 11) is 2.84. The van der Waals surface area contributed by atoms with Crippen LogP contribution in [0.2, 0.25) is 0 Å². The lowest BCUT2D eigenvalue weighted by Gasteiger charge is -2.46. The molecular weight excluding hydrogens is 311 g/mol. The molecule has 2 saturated heterocycles. The molecule has 0 aliphatic carbocycles. The van der Waals surface area contributed by atoms with E-state index in [0.717, 1.165) is 30.2 Å². The van der Waals surface area contributed by atoms with E-state index in [4.69, 9.17) is 0 Å². The van der Waals surface area contributed by atoms with Gasteiger partial charge < -0.3 is 5.11 Å². The number of aliphatic hydroxyl groups excluding tert-OH is 1. The van der Waals surface area contributed by atoms with Crippen LogP contribution in [-0.2, 0) is 5.54 Å². The Morgan fingerprint density at radius 1 is 1.56 bits per heavy atom. The van der Waals surface area contributed by atoms with Gasteiger partial charge in [0.1, 0.15) is 4.60 Å². The summed E-state index contributed by atoms with van der Waals surface area (Å²) in [5.41, 5.74) is 1.24. The average Bonchev–Trinajstić information content (AvgIpc) is 2.59. The van der Waals surface area contributed by atoms with Crippen molar-refractivity contribution in [2.45, 2.75) is 43.4 Å². The second-order valence-corrected chi connectivity index (χ2v) is 6.52. The minimum Gasteiger partial charge on any atom is -0.393 e. The minimum atomic E-state index is -0.172. The Morgan fingerprint density at radius 3 is 3.06 bits per heavy atom. The maximum atomic E-state index is 10.1. The van der Waals surface area contributed by atoms with Crippen molar-refractivity contribution in [1.29, 1.82) is 0 Å². The van der Waals surface area contributed by atoms with Gasteiger partial charge in [0.15, 0.2) is 0 Å². The van der Waals surface area contributed by atoms with E-state index in [9.17, 15) is 5.11 Å². The highest BCUT2D eigenvalue weighted by Crippen LogP contribution is 2.50. The van der Waals surface area contributed by atoms with Crippen molar-refractivity contribution < 1.29 is 5.11 Å². The Bertz CT molecular complexity index is 441. The van der Waals surface area contributed by atoms with Gasteiger partial charge in [0, 0.05) is 18.5 Å². The fraction of sp³-hybridized carbons (Fsp3) is 0.615. The molecule has 1 aromatic heterocycles. The normalized spacial score (nSPS) is 35.9. The predicted octanol–water partition coefficient (Wildman–Crippen LogP) is 2.49. The predicted molar refractivity (Wildman–Crippen MR) is 78.3 cm³/mol. The summed E-state index contributed by atoms with van der Waals surface area (Å²) < 4.78 is 0.867. The zero-order valence-corrected chi connectivity index (χ0v) is 13.0. The van der Waals surface area contributed by atoms with Gasteiger partial charge >= 0.3 is 0 Å². The summed E-state index contributed by atoms with van der Waals surface area (Å²) in [4.78, 5) is 6.90. The highest BCUT2D eigenvalue weighted by Gasteiger charge is 2.51. The number of fused-ring (bicyclic) bond motifs is 2. The van der Waals surface area contributed by atoms with E-state index < -0.39 is 0 Å². The molecule has 3 rings (SSSR count). The molecule has 5 heteroatoms. The van der Waals surface area contributed by atoms with E-state index >= 15 is 0 Å². The van der Waals surface area contributed by atoms with Crippen LogP contribution in [-0.4, -0.2) is 33.4 Å². The monoisotopic (exact) mass is 328 g/mol. The topological polar surface area (TPSA) is 36.4 Å². The number of pyridine rings is 1. The summed E-state index contributed by atoms with van der Waals surface area (Å²) in [6.07, 6.45) is 6.81. The highest BCUT2D eigenvalue weighted by atomic mass is 79.9. The molecule has 2 aliphatic rings. The van der Waals surface area contributed by atoms with Gasteiger partial charge in [0.2, 0.25) is 0 Å². The number of halogens is 1. The van der Waals surface area contributed by atoms with Gasteiger partial charge in [-0.25, -0.2) is 4.98 Å². The van der Waals surface area contributed by atoms with Gasteiger partial charge in [-0.05, 0) is 53.2 Å². The van der Waals surface area contributed by atoms with E-state index in [1.807, 2.05) is 12.3 Å². The Hall–Kier alpha value is -0.0200. The molecule has 3 nitrogen and oxygen atoms in total. The SMILES string of the molecule is OC1CC2CCC(c3ccc(Br)nc3)(C1)N2CP. The van der Waals surface area contributed by atoms with E-state index in [1.54, 1.807) is 0 Å². The van der Waals surface area contributed by atoms with Gasteiger partial charge in [-0.1, -0.05) is 6.07 Å². The Balaban J connectivity index is 2.02. The molecule has 2 fully saturated rings. The average molecular weight is 329 g/mol. The molecule has 4 unspecified atom stereocenters. The smallest absolute Gasteiger partial charge is 0.106 e. The number of aromatic nitrogens is 1. The van der Waals surface area contributed by atoms with Gasteiger partial charge in [0.05, 0.1) is 11.6 Å². The molecule has 2 aliphatic heterocycles. The Morgan fingerprint density at radius 2 is 2.39 bits per heavy atom. The van der Waals surface area contributed by atoms with Crippen molar-refractivity contribution >= 4 is 25.2 Å². The maximum Gasteiger partial charge on any atom is 0.106 e. The highest BCUT2D eigenvalue weighted by molar-refractivity contribution is 9.10. The molecular formula is C13H18BrN2OP. The van der Waals surface area contributed by atoms with Gasteiger partial charge in [-0.3, -0.25) is 4.90 Å². The number of piperidine rings is 1. The summed E-state index contributed by atoms with van der Waals surface area (Å²) in [6, 6.07) is 4.67.